The molecule has 0 unspecified atom stereocenters. The van der Waals surface area contributed by atoms with Gasteiger partial charge in [0.1, 0.15) is 0 Å². The first-order chi connectivity index (χ1) is 3.43. The topological polar surface area (TPSA) is 0 Å². The first-order valence-electron chi connectivity index (χ1n) is 3.22. The fraction of sp³-hybridized carbons (Fsp3) is 1.00. The first-order valence-corrected chi connectivity index (χ1v) is 4.22. The van der Waals surface area contributed by atoms with E-state index >= 15 is 0 Å². The molecule has 8 heavy (non-hydrogen) atoms. The van der Waals surface area contributed by atoms with E-state index in [4.69, 9.17) is 0 Å². The predicted octanol–water partition coefficient (Wildman–Crippen LogP) is -1.23. The third kappa shape index (κ3) is 2.69. The van der Waals surface area contributed by atoms with Crippen molar-refractivity contribution in [2.24, 2.45) is 5.92 Å². The van der Waals surface area contributed by atoms with Crippen LogP contribution < -0.4 is 17.0 Å². The fourth-order valence-electron chi connectivity index (χ4n) is 1.30. The summed E-state index contributed by atoms with van der Waals surface area (Å²) in [5.74, 6) is 1.11. The van der Waals surface area contributed by atoms with Gasteiger partial charge in [0.15, 0.2) is 0 Å². The van der Waals surface area contributed by atoms with Crippen LogP contribution in [-0.2, 0) is 0 Å². The third-order valence-electron chi connectivity index (χ3n) is 1.88. The van der Waals surface area contributed by atoms with Crippen LogP contribution in [0.4, 0.5) is 0 Å². The quantitative estimate of drug-likeness (QED) is 0.451. The van der Waals surface area contributed by atoms with Crippen molar-refractivity contribution in [1.29, 1.82) is 0 Å². The van der Waals surface area contributed by atoms with E-state index < -0.39 is 0 Å². The Morgan fingerprint density at radius 1 is 1.25 bits per heavy atom. The van der Waals surface area contributed by atoms with Gasteiger partial charge in [0, 0.05) is 0 Å². The van der Waals surface area contributed by atoms with Crippen molar-refractivity contribution in [1.82, 2.24) is 0 Å². The van der Waals surface area contributed by atoms with Gasteiger partial charge in [-0.15, -0.1) is 0 Å². The average Bonchev–Trinajstić information content (AvgIpc) is 2.14. The van der Waals surface area contributed by atoms with Crippen molar-refractivity contribution in [3.63, 3.8) is 0 Å². The van der Waals surface area contributed by atoms with Crippen molar-refractivity contribution in [2.75, 3.05) is 0 Å². The molecule has 0 N–H and O–H groups in total. The van der Waals surface area contributed by atoms with Gasteiger partial charge in [0.2, 0.25) is 0 Å². The van der Waals surface area contributed by atoms with Gasteiger partial charge in [0.05, 0.1) is 0 Å². The molecule has 0 aromatic carbocycles. The minimum atomic E-state index is 0. The van der Waals surface area contributed by atoms with E-state index in [0.717, 1.165) is 5.92 Å². The number of hydrogen-bond donors (Lipinski definition) is 0. The van der Waals surface area contributed by atoms with Gasteiger partial charge in [-0.25, -0.2) is 0 Å². The molecule has 0 atom stereocenters. The molecule has 1 aliphatic carbocycles. The average molecular weight is 187 g/mol. The normalized spacial score (nSPS) is 20.8. The van der Waals surface area contributed by atoms with Crippen LogP contribution in [0.3, 0.4) is 0 Å². The monoisotopic (exact) mass is 186 g/mol. The summed E-state index contributed by atoms with van der Waals surface area (Å²) in [5.41, 5.74) is 0. The van der Waals surface area contributed by atoms with Crippen LogP contribution in [0.25, 0.3) is 0 Å². The van der Waals surface area contributed by atoms with Crippen LogP contribution in [0.1, 0.15) is 25.7 Å². The molecule has 44 valence electrons. The summed E-state index contributed by atoms with van der Waals surface area (Å²) in [6.07, 6.45) is 6.04. The van der Waals surface area contributed by atoms with Gasteiger partial charge < -0.3 is 17.0 Å². The second-order valence-electron chi connectivity index (χ2n) is 2.44. The Bertz CT molecular complexity index is 50.5. The molecule has 0 radical (unpaired) electrons. The van der Waals surface area contributed by atoms with Crippen molar-refractivity contribution in [2.45, 2.75) is 30.2 Å². The summed E-state index contributed by atoms with van der Waals surface area (Å²) in [6.45, 7) is 0. The molecule has 0 bridgehead atoms. The maximum absolute atomic E-state index is 2.13. The summed E-state index contributed by atoms with van der Waals surface area (Å²) < 4.78 is 1.44. The molecule has 0 saturated heterocycles. The molecule has 0 aromatic heterocycles. The van der Waals surface area contributed by atoms with Crippen LogP contribution in [-0.4, -0.2) is 21.7 Å². The summed E-state index contributed by atoms with van der Waals surface area (Å²) in [7, 11) is 0. The molecular weight excluding hydrogens is 176 g/mol. The first kappa shape index (κ1) is 9.25. The zero-order valence-corrected chi connectivity index (χ0v) is 8.20. The Balaban J connectivity index is 0.000000490. The third-order valence-corrected chi connectivity index (χ3v) is 2.70. The molecule has 0 spiro atoms. The molecule has 2 heteroatoms. The van der Waals surface area contributed by atoms with Crippen LogP contribution in [0, 0.1) is 5.92 Å². The van der Waals surface area contributed by atoms with Gasteiger partial charge in [-0.2, -0.15) is 0 Å². The molecule has 0 nitrogen and oxygen atoms in total. The van der Waals surface area contributed by atoms with Crippen LogP contribution in [0.5, 0.6) is 0 Å². The molecular formula is C6H11BrMg. The van der Waals surface area contributed by atoms with Gasteiger partial charge in [-0.1, -0.05) is 0 Å². The SMILES string of the molecule is [Br-].[Mg+][CH2]C1CCCC1. The van der Waals surface area contributed by atoms with E-state index in [0.29, 0.717) is 0 Å². The molecule has 1 fully saturated rings. The molecule has 1 aliphatic rings. The second-order valence-corrected chi connectivity index (χ2v) is 3.02. The molecule has 0 aliphatic heterocycles. The Morgan fingerprint density at radius 3 is 2.00 bits per heavy atom. The van der Waals surface area contributed by atoms with E-state index in [2.05, 4.69) is 21.7 Å². The Hall–Kier alpha value is 1.25. The minimum absolute atomic E-state index is 0. The van der Waals surface area contributed by atoms with Crippen LogP contribution >= 0.6 is 0 Å². The van der Waals surface area contributed by atoms with Gasteiger partial charge in [-0.3, -0.25) is 0 Å². The number of rotatable bonds is 1. The zero-order valence-electron chi connectivity index (χ0n) is 5.20. The second kappa shape index (κ2) is 5.06. The molecule has 0 amide bonds. The summed E-state index contributed by atoms with van der Waals surface area (Å²) in [5, 5.41) is 0. The maximum atomic E-state index is 2.13. The van der Waals surface area contributed by atoms with Crippen LogP contribution in [0.2, 0.25) is 4.55 Å². The van der Waals surface area contributed by atoms with Crippen molar-refractivity contribution in [3.05, 3.63) is 0 Å². The van der Waals surface area contributed by atoms with Gasteiger partial charge in [0.25, 0.3) is 0 Å². The van der Waals surface area contributed by atoms with Crippen LogP contribution in [0.15, 0.2) is 0 Å². The van der Waals surface area contributed by atoms with E-state index in [1.165, 1.54) is 30.2 Å². The van der Waals surface area contributed by atoms with Gasteiger partial charge in [-0.05, 0) is 0 Å². The van der Waals surface area contributed by atoms with Crippen molar-refractivity contribution in [3.8, 4) is 0 Å². The molecule has 1 rings (SSSR count). The van der Waals surface area contributed by atoms with Crippen molar-refractivity contribution < 1.29 is 17.0 Å². The van der Waals surface area contributed by atoms with E-state index in [-0.39, 0.29) is 17.0 Å². The van der Waals surface area contributed by atoms with Crippen molar-refractivity contribution >= 4 is 21.7 Å². The molecule has 0 heterocycles. The molecule has 1 saturated carbocycles. The fourth-order valence-corrected chi connectivity index (χ4v) is 1.88. The van der Waals surface area contributed by atoms with E-state index in [1.807, 2.05) is 0 Å². The standard InChI is InChI=1S/C6H11.BrH.Mg/c1-6-4-2-3-5-6;;/h6H,1-5H2;1H;/q;;+1/p-1. The Kier molecular flexibility index (Phi) is 5.85. The number of hydrogen-bond acceptors (Lipinski definition) is 0. The summed E-state index contributed by atoms with van der Waals surface area (Å²) in [6, 6.07) is 0. The number of halogens is 1. The molecule has 0 aromatic rings. The predicted molar refractivity (Wildman–Crippen MR) is 32.5 cm³/mol. The zero-order chi connectivity index (χ0) is 5.11. The van der Waals surface area contributed by atoms with E-state index in [9.17, 15) is 0 Å². The Labute approximate surface area is 74.6 Å². The summed E-state index contributed by atoms with van der Waals surface area (Å²) >= 11 is 2.13. The van der Waals surface area contributed by atoms with Gasteiger partial charge >= 0.3 is 57.9 Å². The van der Waals surface area contributed by atoms with E-state index in [1.54, 1.807) is 0 Å². The Morgan fingerprint density at radius 2 is 1.75 bits per heavy atom. The summed E-state index contributed by atoms with van der Waals surface area (Å²) in [4.78, 5) is 0.